The molecular weight excluding hydrogens is 398 g/mol. The zero-order chi connectivity index (χ0) is 21.5. The zero-order valence-corrected chi connectivity index (χ0v) is 16.8. The highest BCUT2D eigenvalue weighted by molar-refractivity contribution is 5.87. The van der Waals surface area contributed by atoms with Gasteiger partial charge in [0.15, 0.2) is 0 Å². The van der Waals surface area contributed by atoms with Crippen LogP contribution < -0.4 is 25.8 Å². The third-order valence-electron chi connectivity index (χ3n) is 4.76. The van der Waals surface area contributed by atoms with Crippen LogP contribution in [-0.4, -0.2) is 42.4 Å². The van der Waals surface area contributed by atoms with Crippen LogP contribution in [0.15, 0.2) is 65.7 Å². The summed E-state index contributed by atoms with van der Waals surface area (Å²) in [5.41, 5.74) is 2.23. The Hall–Kier alpha value is -3.85. The van der Waals surface area contributed by atoms with Crippen molar-refractivity contribution in [3.05, 3.63) is 77.0 Å². The molecule has 1 fully saturated rings. The fourth-order valence-electron chi connectivity index (χ4n) is 3.23. The molecule has 3 aromatic rings. The third kappa shape index (κ3) is 5.40. The molecule has 1 aliphatic rings. The number of aromatic amines is 1. The molecule has 1 amide bonds. The number of pyridine rings is 2. The number of nitrogens with one attached hydrogen (secondary N) is 3. The summed E-state index contributed by atoms with van der Waals surface area (Å²) >= 11 is 0. The predicted molar refractivity (Wildman–Crippen MR) is 118 cm³/mol. The van der Waals surface area contributed by atoms with Crippen molar-refractivity contribution in [1.82, 2.24) is 9.97 Å². The molecule has 0 spiro atoms. The fraction of sp³-hybridized carbons (Fsp3) is 0.227. The minimum Gasteiger partial charge on any atom is -0.402 e. The number of benzene rings is 1. The molecule has 0 unspecified atom stereocenters. The SMILES string of the molecule is O=C(Nc1cccc(N2CCOCC2)c1)Oc1c(NCc2ccccn2)cc[nH]c1=O. The van der Waals surface area contributed by atoms with E-state index < -0.39 is 11.7 Å². The Bertz CT molecular complexity index is 1080. The van der Waals surface area contributed by atoms with E-state index in [2.05, 4.69) is 25.5 Å². The lowest BCUT2D eigenvalue weighted by molar-refractivity contribution is 0.122. The predicted octanol–water partition coefficient (Wildman–Crippen LogP) is 2.83. The highest BCUT2D eigenvalue weighted by Crippen LogP contribution is 2.22. The Labute approximate surface area is 179 Å². The van der Waals surface area contributed by atoms with Crippen LogP contribution in [0.2, 0.25) is 0 Å². The van der Waals surface area contributed by atoms with Gasteiger partial charge in [0.2, 0.25) is 5.75 Å². The van der Waals surface area contributed by atoms with Gasteiger partial charge in [-0.05, 0) is 36.4 Å². The molecule has 9 nitrogen and oxygen atoms in total. The quantitative estimate of drug-likeness (QED) is 0.562. The molecule has 0 atom stereocenters. The second kappa shape index (κ2) is 9.77. The van der Waals surface area contributed by atoms with E-state index in [0.717, 1.165) is 24.5 Å². The molecule has 3 N–H and O–H groups in total. The maximum atomic E-state index is 12.5. The Morgan fingerprint density at radius 2 is 2.03 bits per heavy atom. The fourth-order valence-corrected chi connectivity index (χ4v) is 3.23. The minimum atomic E-state index is -0.753. The van der Waals surface area contributed by atoms with Gasteiger partial charge in [-0.25, -0.2) is 4.79 Å². The van der Waals surface area contributed by atoms with Gasteiger partial charge >= 0.3 is 6.09 Å². The van der Waals surface area contributed by atoms with E-state index in [-0.39, 0.29) is 5.75 Å². The lowest BCUT2D eigenvalue weighted by atomic mass is 10.2. The molecule has 1 aliphatic heterocycles. The summed E-state index contributed by atoms with van der Waals surface area (Å²) < 4.78 is 10.7. The van der Waals surface area contributed by atoms with Gasteiger partial charge in [-0.2, -0.15) is 0 Å². The van der Waals surface area contributed by atoms with Crippen LogP contribution in [0.3, 0.4) is 0 Å². The first kappa shape index (κ1) is 20.4. The van der Waals surface area contributed by atoms with Crippen LogP contribution in [0.4, 0.5) is 21.9 Å². The number of hydrogen-bond donors (Lipinski definition) is 3. The normalized spacial score (nSPS) is 13.5. The maximum absolute atomic E-state index is 12.5. The van der Waals surface area contributed by atoms with Gasteiger partial charge in [0.25, 0.3) is 5.56 Å². The van der Waals surface area contributed by atoms with Crippen molar-refractivity contribution in [3.63, 3.8) is 0 Å². The Morgan fingerprint density at radius 1 is 1.16 bits per heavy atom. The first-order valence-electron chi connectivity index (χ1n) is 9.96. The van der Waals surface area contributed by atoms with Gasteiger partial charge in [-0.3, -0.25) is 15.1 Å². The van der Waals surface area contributed by atoms with Crippen LogP contribution in [-0.2, 0) is 11.3 Å². The molecule has 1 aromatic carbocycles. The van der Waals surface area contributed by atoms with Crippen molar-refractivity contribution in [2.45, 2.75) is 6.54 Å². The number of ether oxygens (including phenoxy) is 2. The second-order valence-corrected chi connectivity index (χ2v) is 6.89. The van der Waals surface area contributed by atoms with Gasteiger partial charge in [-0.1, -0.05) is 12.1 Å². The number of anilines is 3. The number of rotatable bonds is 6. The van der Waals surface area contributed by atoms with Crippen LogP contribution in [0.5, 0.6) is 5.75 Å². The van der Waals surface area contributed by atoms with Crippen LogP contribution in [0.1, 0.15) is 5.69 Å². The molecule has 9 heteroatoms. The van der Waals surface area contributed by atoms with E-state index >= 15 is 0 Å². The highest BCUT2D eigenvalue weighted by Gasteiger charge is 2.15. The van der Waals surface area contributed by atoms with E-state index in [4.69, 9.17) is 9.47 Å². The van der Waals surface area contributed by atoms with E-state index in [1.54, 1.807) is 18.3 Å². The van der Waals surface area contributed by atoms with Crippen molar-refractivity contribution in [3.8, 4) is 5.75 Å². The highest BCUT2D eigenvalue weighted by atomic mass is 16.6. The molecule has 0 saturated carbocycles. The molecule has 2 aromatic heterocycles. The van der Waals surface area contributed by atoms with Crippen molar-refractivity contribution >= 4 is 23.2 Å². The Morgan fingerprint density at radius 3 is 2.84 bits per heavy atom. The average molecular weight is 421 g/mol. The summed E-state index contributed by atoms with van der Waals surface area (Å²) in [4.78, 5) is 33.7. The van der Waals surface area contributed by atoms with Crippen LogP contribution in [0.25, 0.3) is 0 Å². The lowest BCUT2D eigenvalue weighted by Gasteiger charge is -2.29. The van der Waals surface area contributed by atoms with E-state index in [1.807, 2.05) is 36.4 Å². The summed E-state index contributed by atoms with van der Waals surface area (Å²) in [7, 11) is 0. The van der Waals surface area contributed by atoms with E-state index in [0.29, 0.717) is 31.1 Å². The number of H-pyrrole nitrogens is 1. The summed E-state index contributed by atoms with van der Waals surface area (Å²) in [6.07, 6.45) is 2.42. The van der Waals surface area contributed by atoms with Gasteiger partial charge in [-0.15, -0.1) is 0 Å². The molecular formula is C22H23N5O4. The number of nitrogens with zero attached hydrogens (tertiary/aromatic N) is 2. The largest absolute Gasteiger partial charge is 0.417 e. The molecule has 1 saturated heterocycles. The number of hydrogen-bond acceptors (Lipinski definition) is 7. The topological polar surface area (TPSA) is 109 Å². The molecule has 4 rings (SSSR count). The minimum absolute atomic E-state index is 0.111. The smallest absolute Gasteiger partial charge is 0.402 e. The Kier molecular flexibility index (Phi) is 6.44. The molecule has 3 heterocycles. The average Bonchev–Trinajstić information content (AvgIpc) is 2.81. The first-order valence-corrected chi connectivity index (χ1v) is 9.96. The monoisotopic (exact) mass is 421 g/mol. The number of carbonyl (C=O) groups excluding carboxylic acids is 1. The lowest BCUT2D eigenvalue weighted by Crippen LogP contribution is -2.36. The summed E-state index contributed by atoms with van der Waals surface area (Å²) in [5, 5.41) is 5.77. The standard InChI is InChI=1S/C22H23N5O4/c28-21-20(19(7-9-24-21)25-15-17-4-1-2-8-23-17)31-22(29)26-16-5-3-6-18(14-16)27-10-12-30-13-11-27/h1-9,14H,10-13,15H2,(H,26,29)(H2,24,25,28). The second-order valence-electron chi connectivity index (χ2n) is 6.89. The summed E-state index contributed by atoms with van der Waals surface area (Å²) in [6.45, 7) is 3.30. The molecule has 31 heavy (non-hydrogen) atoms. The summed E-state index contributed by atoms with van der Waals surface area (Å²) in [6, 6.07) is 14.6. The molecule has 160 valence electrons. The zero-order valence-electron chi connectivity index (χ0n) is 16.8. The van der Waals surface area contributed by atoms with Crippen molar-refractivity contribution < 1.29 is 14.3 Å². The number of aromatic nitrogens is 2. The van der Waals surface area contributed by atoms with Gasteiger partial charge in [0.05, 0.1) is 31.1 Å². The van der Waals surface area contributed by atoms with Crippen LogP contribution >= 0.6 is 0 Å². The summed E-state index contributed by atoms with van der Waals surface area (Å²) in [5.74, 6) is -0.111. The van der Waals surface area contributed by atoms with Crippen molar-refractivity contribution in [2.75, 3.05) is 41.8 Å². The van der Waals surface area contributed by atoms with E-state index in [9.17, 15) is 9.59 Å². The Balaban J connectivity index is 1.43. The van der Waals surface area contributed by atoms with Crippen molar-refractivity contribution in [2.24, 2.45) is 0 Å². The van der Waals surface area contributed by atoms with Crippen molar-refractivity contribution in [1.29, 1.82) is 0 Å². The molecule has 0 aliphatic carbocycles. The third-order valence-corrected chi connectivity index (χ3v) is 4.76. The number of morpholine rings is 1. The first-order chi connectivity index (χ1) is 15.2. The van der Waals surface area contributed by atoms with Gasteiger partial charge < -0.3 is 24.7 Å². The van der Waals surface area contributed by atoms with Crippen LogP contribution in [0, 0.1) is 0 Å². The molecule has 0 radical (unpaired) electrons. The maximum Gasteiger partial charge on any atom is 0.417 e. The number of amides is 1. The van der Waals surface area contributed by atoms with Gasteiger partial charge in [0, 0.05) is 36.9 Å². The van der Waals surface area contributed by atoms with E-state index in [1.165, 1.54) is 6.20 Å². The van der Waals surface area contributed by atoms with Gasteiger partial charge in [0.1, 0.15) is 0 Å². The molecule has 0 bridgehead atoms. The number of carbonyl (C=O) groups is 1.